The standard InChI is InChI=1S/C19H24O4/c1-3-18(20,21)16-9-5-14(6-10-16)13-15-7-11-17(12-8-15)19(22,23)4-2/h5-12,20-23H,3-4,13H2,1-2H3. The van der Waals surface area contributed by atoms with Gasteiger partial charge in [-0.3, -0.25) is 0 Å². The molecule has 0 spiro atoms. The summed E-state index contributed by atoms with van der Waals surface area (Å²) in [5.41, 5.74) is 3.05. The highest BCUT2D eigenvalue weighted by Gasteiger charge is 2.23. The van der Waals surface area contributed by atoms with Crippen molar-refractivity contribution in [1.29, 1.82) is 0 Å². The van der Waals surface area contributed by atoms with Crippen LogP contribution in [0.1, 0.15) is 48.9 Å². The third-order valence-electron chi connectivity index (χ3n) is 4.23. The lowest BCUT2D eigenvalue weighted by Gasteiger charge is -2.21. The number of hydrogen-bond acceptors (Lipinski definition) is 4. The Balaban J connectivity index is 2.11. The van der Waals surface area contributed by atoms with Crippen LogP contribution in [0.3, 0.4) is 0 Å². The molecule has 4 nitrogen and oxygen atoms in total. The zero-order chi connectivity index (χ0) is 17.1. The smallest absolute Gasteiger partial charge is 0.189 e. The molecule has 0 radical (unpaired) electrons. The van der Waals surface area contributed by atoms with Crippen molar-refractivity contribution < 1.29 is 20.4 Å². The van der Waals surface area contributed by atoms with Crippen LogP contribution in [0.2, 0.25) is 0 Å². The molecule has 0 fully saturated rings. The summed E-state index contributed by atoms with van der Waals surface area (Å²) in [6, 6.07) is 14.4. The van der Waals surface area contributed by atoms with Gasteiger partial charge in [0.1, 0.15) is 0 Å². The molecule has 0 heterocycles. The lowest BCUT2D eigenvalue weighted by atomic mass is 9.97. The molecule has 0 aliphatic heterocycles. The van der Waals surface area contributed by atoms with Crippen LogP contribution >= 0.6 is 0 Å². The molecule has 2 rings (SSSR count). The number of benzene rings is 2. The molecular weight excluding hydrogens is 292 g/mol. The van der Waals surface area contributed by atoms with Crippen LogP contribution in [0.15, 0.2) is 48.5 Å². The zero-order valence-electron chi connectivity index (χ0n) is 13.5. The van der Waals surface area contributed by atoms with Crippen LogP contribution in [0.5, 0.6) is 0 Å². The molecule has 4 heteroatoms. The van der Waals surface area contributed by atoms with E-state index < -0.39 is 11.6 Å². The summed E-state index contributed by atoms with van der Waals surface area (Å²) in [4.78, 5) is 0. The van der Waals surface area contributed by atoms with Crippen molar-refractivity contribution >= 4 is 0 Å². The molecule has 0 aliphatic carbocycles. The van der Waals surface area contributed by atoms with E-state index in [4.69, 9.17) is 0 Å². The van der Waals surface area contributed by atoms with Crippen LogP contribution in [0.4, 0.5) is 0 Å². The largest absolute Gasteiger partial charge is 0.362 e. The van der Waals surface area contributed by atoms with E-state index in [-0.39, 0.29) is 12.8 Å². The van der Waals surface area contributed by atoms with Crippen molar-refractivity contribution in [2.24, 2.45) is 0 Å². The molecule has 0 unspecified atom stereocenters. The number of hydrogen-bond donors (Lipinski definition) is 4. The van der Waals surface area contributed by atoms with Gasteiger partial charge in [0.2, 0.25) is 0 Å². The highest BCUT2D eigenvalue weighted by atomic mass is 16.5. The number of rotatable bonds is 6. The first-order valence-corrected chi connectivity index (χ1v) is 7.87. The van der Waals surface area contributed by atoms with E-state index in [1.807, 2.05) is 24.3 Å². The molecule has 0 saturated heterocycles. The van der Waals surface area contributed by atoms with Crippen molar-refractivity contribution in [3.8, 4) is 0 Å². The fourth-order valence-electron chi connectivity index (χ4n) is 2.42. The van der Waals surface area contributed by atoms with Gasteiger partial charge >= 0.3 is 0 Å². The second kappa shape index (κ2) is 6.81. The summed E-state index contributed by atoms with van der Waals surface area (Å²) in [6.45, 7) is 3.43. The summed E-state index contributed by atoms with van der Waals surface area (Å²) >= 11 is 0. The average molecular weight is 316 g/mol. The van der Waals surface area contributed by atoms with Gasteiger partial charge in [-0.15, -0.1) is 0 Å². The van der Waals surface area contributed by atoms with Gasteiger partial charge in [0.05, 0.1) is 0 Å². The molecule has 124 valence electrons. The Morgan fingerprint density at radius 2 is 0.913 bits per heavy atom. The third-order valence-corrected chi connectivity index (χ3v) is 4.23. The first-order chi connectivity index (χ1) is 10.8. The first kappa shape index (κ1) is 17.6. The fraction of sp³-hybridized carbons (Fsp3) is 0.368. The lowest BCUT2D eigenvalue weighted by Crippen LogP contribution is -2.23. The summed E-state index contributed by atoms with van der Waals surface area (Å²) in [7, 11) is 0. The Hall–Kier alpha value is -1.72. The van der Waals surface area contributed by atoms with Crippen LogP contribution < -0.4 is 0 Å². The third kappa shape index (κ3) is 4.18. The zero-order valence-corrected chi connectivity index (χ0v) is 13.5. The Bertz CT molecular complexity index is 570. The summed E-state index contributed by atoms with van der Waals surface area (Å²) in [5, 5.41) is 39.3. The van der Waals surface area contributed by atoms with E-state index in [1.165, 1.54) is 0 Å². The number of aliphatic hydroxyl groups is 4. The van der Waals surface area contributed by atoms with Gasteiger partial charge < -0.3 is 20.4 Å². The van der Waals surface area contributed by atoms with Gasteiger partial charge in [-0.2, -0.15) is 0 Å². The molecule has 23 heavy (non-hydrogen) atoms. The van der Waals surface area contributed by atoms with Crippen molar-refractivity contribution in [2.75, 3.05) is 0 Å². The highest BCUT2D eigenvalue weighted by molar-refractivity contribution is 5.32. The van der Waals surface area contributed by atoms with Gasteiger partial charge in [0.25, 0.3) is 0 Å². The fourth-order valence-corrected chi connectivity index (χ4v) is 2.42. The second-order valence-electron chi connectivity index (χ2n) is 5.91. The van der Waals surface area contributed by atoms with E-state index in [1.54, 1.807) is 38.1 Å². The van der Waals surface area contributed by atoms with Crippen LogP contribution in [-0.4, -0.2) is 20.4 Å². The Labute approximate surface area is 136 Å². The molecule has 0 atom stereocenters. The minimum atomic E-state index is -1.79. The molecule has 4 N–H and O–H groups in total. The average Bonchev–Trinajstić information content (AvgIpc) is 2.56. The van der Waals surface area contributed by atoms with Crippen molar-refractivity contribution in [1.82, 2.24) is 0 Å². The second-order valence-corrected chi connectivity index (χ2v) is 5.91. The van der Waals surface area contributed by atoms with E-state index in [0.29, 0.717) is 17.5 Å². The molecule has 2 aromatic rings. The molecule has 0 amide bonds. The normalized spacial score (nSPS) is 12.4. The first-order valence-electron chi connectivity index (χ1n) is 7.87. The Kier molecular flexibility index (Phi) is 5.22. The van der Waals surface area contributed by atoms with Gasteiger partial charge in [-0.25, -0.2) is 0 Å². The summed E-state index contributed by atoms with van der Waals surface area (Å²) in [6.07, 6.45) is 1.15. The quantitative estimate of drug-likeness (QED) is 0.617. The van der Waals surface area contributed by atoms with Gasteiger partial charge in [0.15, 0.2) is 11.6 Å². The molecule has 0 bridgehead atoms. The van der Waals surface area contributed by atoms with Crippen molar-refractivity contribution in [3.05, 3.63) is 70.8 Å². The van der Waals surface area contributed by atoms with Crippen molar-refractivity contribution in [2.45, 2.75) is 44.7 Å². The summed E-state index contributed by atoms with van der Waals surface area (Å²) in [5.74, 6) is -3.57. The Morgan fingerprint density at radius 1 is 0.609 bits per heavy atom. The monoisotopic (exact) mass is 316 g/mol. The lowest BCUT2D eigenvalue weighted by molar-refractivity contribution is -0.171. The maximum Gasteiger partial charge on any atom is 0.189 e. The summed E-state index contributed by atoms with van der Waals surface area (Å²) < 4.78 is 0. The van der Waals surface area contributed by atoms with E-state index in [0.717, 1.165) is 11.1 Å². The van der Waals surface area contributed by atoms with Crippen LogP contribution in [0.25, 0.3) is 0 Å². The van der Waals surface area contributed by atoms with Crippen molar-refractivity contribution in [3.63, 3.8) is 0 Å². The maximum absolute atomic E-state index is 9.81. The Morgan fingerprint density at radius 3 is 1.17 bits per heavy atom. The molecule has 0 aliphatic rings. The SMILES string of the molecule is CCC(O)(O)c1ccc(Cc2ccc(C(O)(O)CC)cc2)cc1. The molecule has 2 aromatic carbocycles. The highest BCUT2D eigenvalue weighted by Crippen LogP contribution is 2.24. The predicted octanol–water partition coefficient (Wildman–Crippen LogP) is 2.37. The van der Waals surface area contributed by atoms with Gasteiger partial charge in [0, 0.05) is 24.0 Å². The minimum Gasteiger partial charge on any atom is -0.362 e. The van der Waals surface area contributed by atoms with Crippen LogP contribution in [-0.2, 0) is 18.0 Å². The van der Waals surface area contributed by atoms with Gasteiger partial charge in [-0.05, 0) is 17.5 Å². The van der Waals surface area contributed by atoms with Crippen LogP contribution in [0, 0.1) is 0 Å². The predicted molar refractivity (Wildman–Crippen MR) is 88.5 cm³/mol. The maximum atomic E-state index is 9.81. The molecule has 0 saturated carbocycles. The van der Waals surface area contributed by atoms with E-state index >= 15 is 0 Å². The van der Waals surface area contributed by atoms with E-state index in [2.05, 4.69) is 0 Å². The van der Waals surface area contributed by atoms with E-state index in [9.17, 15) is 20.4 Å². The molecule has 0 aromatic heterocycles. The topological polar surface area (TPSA) is 80.9 Å². The van der Waals surface area contributed by atoms with Gasteiger partial charge in [-0.1, -0.05) is 62.4 Å². The minimum absolute atomic E-state index is 0.231. The molecular formula is C19H24O4.